The Balaban J connectivity index is 1.82. The molecule has 0 aliphatic heterocycles. The first-order valence-electron chi connectivity index (χ1n) is 7.88. The lowest BCUT2D eigenvalue weighted by atomic mass is 9.80. The third-order valence-corrected chi connectivity index (χ3v) is 4.52. The van der Waals surface area contributed by atoms with Crippen LogP contribution in [0.2, 0.25) is 0 Å². The zero-order valence-electron chi connectivity index (χ0n) is 12.4. The van der Waals surface area contributed by atoms with E-state index < -0.39 is 5.60 Å². The topological polar surface area (TPSA) is 56.7 Å². The molecule has 110 valence electrons. The number of aliphatic hydroxyl groups is 1. The summed E-state index contributed by atoms with van der Waals surface area (Å²) >= 11 is 0. The highest BCUT2D eigenvalue weighted by Gasteiger charge is 2.34. The highest BCUT2D eigenvalue weighted by atomic mass is 16.3. The van der Waals surface area contributed by atoms with Crippen LogP contribution in [0.3, 0.4) is 0 Å². The van der Waals surface area contributed by atoms with E-state index in [1.54, 1.807) is 0 Å². The van der Waals surface area contributed by atoms with Crippen molar-refractivity contribution in [1.29, 1.82) is 0 Å². The summed E-state index contributed by atoms with van der Waals surface area (Å²) < 4.78 is 0. The Hall–Kier alpha value is -0.770. The van der Waals surface area contributed by atoms with Crippen LogP contribution in [0.1, 0.15) is 58.8 Å². The zero-order chi connectivity index (χ0) is 13.7. The van der Waals surface area contributed by atoms with Gasteiger partial charge in [-0.2, -0.15) is 0 Å². The van der Waals surface area contributed by atoms with Crippen LogP contribution in [-0.2, 0) is 0 Å². The van der Waals surface area contributed by atoms with E-state index >= 15 is 0 Å². The molecule has 0 aromatic rings. The molecule has 0 unspecified atom stereocenters. The Morgan fingerprint density at radius 3 is 2.47 bits per heavy atom. The van der Waals surface area contributed by atoms with Gasteiger partial charge >= 0.3 is 0 Å². The molecule has 0 spiro atoms. The smallest absolute Gasteiger partial charge is 0.191 e. The van der Waals surface area contributed by atoms with Crippen LogP contribution >= 0.6 is 0 Å². The van der Waals surface area contributed by atoms with E-state index in [2.05, 4.69) is 29.5 Å². The largest absolute Gasteiger partial charge is 0.388 e. The van der Waals surface area contributed by atoms with Crippen molar-refractivity contribution in [2.24, 2.45) is 10.9 Å². The maximum Gasteiger partial charge on any atom is 0.191 e. The monoisotopic (exact) mass is 267 g/mol. The third kappa shape index (κ3) is 4.37. The number of nitrogens with one attached hydrogen (secondary N) is 2. The fourth-order valence-electron chi connectivity index (χ4n) is 2.89. The molecule has 0 amide bonds. The Labute approximate surface area is 117 Å². The van der Waals surface area contributed by atoms with E-state index in [0.717, 1.165) is 37.7 Å². The summed E-state index contributed by atoms with van der Waals surface area (Å²) in [5.74, 6) is 1.75. The van der Waals surface area contributed by atoms with Gasteiger partial charge in [0.15, 0.2) is 5.96 Å². The molecule has 0 aromatic heterocycles. The summed E-state index contributed by atoms with van der Waals surface area (Å²) in [6.07, 6.45) is 8.01. The van der Waals surface area contributed by atoms with Crippen molar-refractivity contribution < 1.29 is 5.11 Å². The van der Waals surface area contributed by atoms with Crippen molar-refractivity contribution in [2.45, 2.75) is 70.4 Å². The van der Waals surface area contributed by atoms with Crippen LogP contribution in [0.4, 0.5) is 0 Å². The molecule has 0 atom stereocenters. The fraction of sp³-hybridized carbons (Fsp3) is 0.933. The van der Waals surface area contributed by atoms with Crippen LogP contribution in [0.15, 0.2) is 4.99 Å². The molecule has 0 radical (unpaired) electrons. The highest BCUT2D eigenvalue weighted by molar-refractivity contribution is 5.80. The quantitative estimate of drug-likeness (QED) is 0.539. The van der Waals surface area contributed by atoms with Gasteiger partial charge in [0.25, 0.3) is 0 Å². The number of hydrogen-bond donors (Lipinski definition) is 3. The maximum absolute atomic E-state index is 10.1. The molecular weight excluding hydrogens is 238 g/mol. The van der Waals surface area contributed by atoms with Gasteiger partial charge in [0.2, 0.25) is 0 Å². The lowest BCUT2D eigenvalue weighted by molar-refractivity contribution is -0.0236. The van der Waals surface area contributed by atoms with Gasteiger partial charge in [-0.15, -0.1) is 0 Å². The van der Waals surface area contributed by atoms with Gasteiger partial charge in [0, 0.05) is 12.6 Å². The van der Waals surface area contributed by atoms with Gasteiger partial charge in [-0.05, 0) is 57.8 Å². The summed E-state index contributed by atoms with van der Waals surface area (Å²) in [5.41, 5.74) is -0.524. The van der Waals surface area contributed by atoms with Crippen molar-refractivity contribution in [1.82, 2.24) is 10.6 Å². The molecule has 2 aliphatic rings. The Bertz CT molecular complexity index is 305. The van der Waals surface area contributed by atoms with E-state index in [1.165, 1.54) is 25.7 Å². The van der Waals surface area contributed by atoms with Crippen LogP contribution in [-0.4, -0.2) is 35.8 Å². The van der Waals surface area contributed by atoms with Crippen molar-refractivity contribution in [3.05, 3.63) is 0 Å². The second-order valence-corrected chi connectivity index (χ2v) is 6.37. The Morgan fingerprint density at radius 2 is 1.95 bits per heavy atom. The van der Waals surface area contributed by atoms with E-state index in [0.29, 0.717) is 12.6 Å². The van der Waals surface area contributed by atoms with E-state index in [4.69, 9.17) is 0 Å². The average Bonchev–Trinajstić information content (AvgIpc) is 2.37. The number of guanidine groups is 1. The van der Waals surface area contributed by atoms with Crippen LogP contribution in [0, 0.1) is 5.92 Å². The molecule has 4 nitrogen and oxygen atoms in total. The molecule has 19 heavy (non-hydrogen) atoms. The predicted molar refractivity (Wildman–Crippen MR) is 79.3 cm³/mol. The summed E-state index contributed by atoms with van der Waals surface area (Å²) in [6, 6.07) is 0.546. The summed E-state index contributed by atoms with van der Waals surface area (Å²) in [4.78, 5) is 4.56. The molecule has 2 rings (SSSR count). The molecular formula is C15H29N3O. The van der Waals surface area contributed by atoms with Crippen molar-refractivity contribution in [3.63, 3.8) is 0 Å². The first-order valence-corrected chi connectivity index (χ1v) is 7.88. The SMILES string of the molecule is CCNC(=NCC1(O)CCC1)NC1CCC(C)CC1. The Morgan fingerprint density at radius 1 is 1.26 bits per heavy atom. The minimum atomic E-state index is -0.524. The number of hydrogen-bond acceptors (Lipinski definition) is 2. The van der Waals surface area contributed by atoms with Crippen LogP contribution < -0.4 is 10.6 Å². The van der Waals surface area contributed by atoms with Crippen LogP contribution in [0.25, 0.3) is 0 Å². The lowest BCUT2D eigenvalue weighted by Crippen LogP contribution is -2.46. The van der Waals surface area contributed by atoms with Gasteiger partial charge < -0.3 is 15.7 Å². The molecule has 0 aromatic carbocycles. The molecule has 4 heteroatoms. The standard InChI is InChI=1S/C15H29N3O/c1-3-16-14(17-11-15(19)9-4-10-15)18-13-7-5-12(2)6-8-13/h12-13,19H,3-11H2,1-2H3,(H2,16,17,18). The molecule has 2 aliphatic carbocycles. The third-order valence-electron chi connectivity index (χ3n) is 4.52. The lowest BCUT2D eigenvalue weighted by Gasteiger charge is -2.35. The highest BCUT2D eigenvalue weighted by Crippen LogP contribution is 2.31. The van der Waals surface area contributed by atoms with E-state index in [9.17, 15) is 5.11 Å². The summed E-state index contributed by atoms with van der Waals surface area (Å²) in [7, 11) is 0. The second kappa shape index (κ2) is 6.60. The van der Waals surface area contributed by atoms with Gasteiger partial charge in [-0.1, -0.05) is 6.92 Å². The van der Waals surface area contributed by atoms with Crippen molar-refractivity contribution >= 4 is 5.96 Å². The first-order chi connectivity index (χ1) is 9.11. The Kier molecular flexibility index (Phi) is 5.08. The minimum absolute atomic E-state index is 0.524. The normalized spacial score (nSPS) is 30.6. The second-order valence-electron chi connectivity index (χ2n) is 6.37. The first kappa shape index (κ1) is 14.6. The van der Waals surface area contributed by atoms with Gasteiger partial charge in [-0.25, -0.2) is 0 Å². The molecule has 2 fully saturated rings. The molecule has 3 N–H and O–H groups in total. The van der Waals surface area contributed by atoms with Crippen LogP contribution in [0.5, 0.6) is 0 Å². The minimum Gasteiger partial charge on any atom is -0.388 e. The number of nitrogens with zero attached hydrogens (tertiary/aromatic N) is 1. The molecule has 0 bridgehead atoms. The van der Waals surface area contributed by atoms with E-state index in [-0.39, 0.29) is 0 Å². The van der Waals surface area contributed by atoms with Crippen molar-refractivity contribution in [3.8, 4) is 0 Å². The van der Waals surface area contributed by atoms with E-state index in [1.807, 2.05) is 0 Å². The number of aliphatic imine (C=N–C) groups is 1. The zero-order valence-corrected chi connectivity index (χ0v) is 12.4. The summed E-state index contributed by atoms with van der Waals surface area (Å²) in [6.45, 7) is 5.82. The molecule has 0 saturated heterocycles. The van der Waals surface area contributed by atoms with Gasteiger partial charge in [0.05, 0.1) is 12.1 Å². The van der Waals surface area contributed by atoms with Gasteiger partial charge in [-0.3, -0.25) is 4.99 Å². The van der Waals surface area contributed by atoms with Gasteiger partial charge in [0.1, 0.15) is 0 Å². The summed E-state index contributed by atoms with van der Waals surface area (Å²) in [5, 5.41) is 16.9. The van der Waals surface area contributed by atoms with Crippen molar-refractivity contribution in [2.75, 3.05) is 13.1 Å². The fourth-order valence-corrected chi connectivity index (χ4v) is 2.89. The maximum atomic E-state index is 10.1. The predicted octanol–water partition coefficient (Wildman–Crippen LogP) is 2.04. The molecule has 0 heterocycles. The number of rotatable bonds is 4. The molecule has 2 saturated carbocycles. The average molecular weight is 267 g/mol.